The Labute approximate surface area is 121 Å². The van der Waals surface area contributed by atoms with E-state index in [2.05, 4.69) is 15.2 Å². The van der Waals surface area contributed by atoms with Crippen LogP contribution in [0.5, 0.6) is 0 Å². The molecule has 3 aromatic rings. The van der Waals surface area contributed by atoms with Crippen molar-refractivity contribution < 1.29 is 9.26 Å². The Kier molecular flexibility index (Phi) is 3.01. The predicted octanol–water partition coefficient (Wildman–Crippen LogP) is 2.43. The first kappa shape index (κ1) is 12.3. The molecular weight excluding hydrogens is 268 g/mol. The van der Waals surface area contributed by atoms with Crippen LogP contribution in [0.25, 0.3) is 17.1 Å². The highest BCUT2D eigenvalue weighted by atomic mass is 16.5. The molecule has 1 fully saturated rings. The molecule has 1 aliphatic rings. The van der Waals surface area contributed by atoms with Crippen LogP contribution in [0.1, 0.15) is 18.2 Å². The molecule has 0 N–H and O–H groups in total. The molecule has 1 aromatic carbocycles. The molecule has 1 aliphatic heterocycles. The van der Waals surface area contributed by atoms with Crippen LogP contribution in [-0.4, -0.2) is 33.1 Å². The molecule has 4 rings (SSSR count). The second-order valence-electron chi connectivity index (χ2n) is 5.02. The maximum absolute atomic E-state index is 5.35. The molecule has 1 saturated heterocycles. The Morgan fingerprint density at radius 3 is 2.81 bits per heavy atom. The van der Waals surface area contributed by atoms with Gasteiger partial charge in [-0.1, -0.05) is 5.16 Å². The summed E-state index contributed by atoms with van der Waals surface area (Å²) in [6, 6.07) is 9.76. The maximum atomic E-state index is 5.35. The van der Waals surface area contributed by atoms with Gasteiger partial charge in [0.2, 0.25) is 0 Å². The molecule has 6 nitrogen and oxygen atoms in total. The molecule has 1 unspecified atom stereocenters. The van der Waals surface area contributed by atoms with E-state index in [4.69, 9.17) is 9.26 Å². The Hall–Kier alpha value is -2.47. The highest BCUT2D eigenvalue weighted by Gasteiger charge is 2.23. The van der Waals surface area contributed by atoms with Gasteiger partial charge in [0.15, 0.2) is 5.82 Å². The largest absolute Gasteiger partial charge is 0.381 e. The standard InChI is InChI=1S/C15H14N4O2/c1-7-16-19(8-1)13-4-2-11(3-5-13)15-17-14(18-21-15)12-6-9-20-10-12/h1-5,7-8,12H,6,9-10H2. The Morgan fingerprint density at radius 2 is 2.10 bits per heavy atom. The number of rotatable bonds is 3. The van der Waals surface area contributed by atoms with Crippen LogP contribution in [0, 0.1) is 0 Å². The lowest BCUT2D eigenvalue weighted by molar-refractivity contribution is 0.192. The van der Waals surface area contributed by atoms with Gasteiger partial charge in [-0.25, -0.2) is 4.68 Å². The Balaban J connectivity index is 1.58. The third-order valence-electron chi connectivity index (χ3n) is 3.62. The van der Waals surface area contributed by atoms with Crippen LogP contribution in [0.4, 0.5) is 0 Å². The van der Waals surface area contributed by atoms with Crippen molar-refractivity contribution >= 4 is 0 Å². The molecule has 0 amide bonds. The minimum atomic E-state index is 0.255. The van der Waals surface area contributed by atoms with Crippen molar-refractivity contribution in [3.8, 4) is 17.1 Å². The van der Waals surface area contributed by atoms with E-state index in [1.807, 2.05) is 36.5 Å². The lowest BCUT2D eigenvalue weighted by atomic mass is 10.1. The zero-order valence-corrected chi connectivity index (χ0v) is 11.3. The average Bonchev–Trinajstić information content (AvgIpc) is 3.27. The fourth-order valence-corrected chi connectivity index (χ4v) is 2.43. The average molecular weight is 282 g/mol. The second kappa shape index (κ2) is 5.14. The van der Waals surface area contributed by atoms with E-state index < -0.39 is 0 Å². The topological polar surface area (TPSA) is 66.0 Å². The molecule has 2 aromatic heterocycles. The Morgan fingerprint density at radius 1 is 1.19 bits per heavy atom. The second-order valence-corrected chi connectivity index (χ2v) is 5.02. The van der Waals surface area contributed by atoms with Crippen molar-refractivity contribution in [1.29, 1.82) is 0 Å². The predicted molar refractivity (Wildman–Crippen MR) is 75.0 cm³/mol. The van der Waals surface area contributed by atoms with Crippen molar-refractivity contribution in [2.75, 3.05) is 13.2 Å². The first-order valence-electron chi connectivity index (χ1n) is 6.92. The van der Waals surface area contributed by atoms with Gasteiger partial charge in [-0.15, -0.1) is 0 Å². The van der Waals surface area contributed by atoms with E-state index in [0.29, 0.717) is 12.5 Å². The number of benzene rings is 1. The normalized spacial score (nSPS) is 18.2. The fourth-order valence-electron chi connectivity index (χ4n) is 2.43. The molecule has 3 heterocycles. The quantitative estimate of drug-likeness (QED) is 0.738. The molecule has 0 spiro atoms. The molecule has 21 heavy (non-hydrogen) atoms. The van der Waals surface area contributed by atoms with Crippen LogP contribution in [0.2, 0.25) is 0 Å². The zero-order chi connectivity index (χ0) is 14.1. The molecule has 6 heteroatoms. The third-order valence-corrected chi connectivity index (χ3v) is 3.62. The van der Waals surface area contributed by atoms with Gasteiger partial charge < -0.3 is 9.26 Å². The number of aromatic nitrogens is 4. The van der Waals surface area contributed by atoms with Crippen LogP contribution in [0.3, 0.4) is 0 Å². The molecule has 0 bridgehead atoms. The Bertz CT molecular complexity index is 712. The summed E-state index contributed by atoms with van der Waals surface area (Å²) in [7, 11) is 0. The van der Waals surface area contributed by atoms with Gasteiger partial charge in [0, 0.05) is 30.5 Å². The summed E-state index contributed by atoms with van der Waals surface area (Å²) < 4.78 is 12.5. The summed E-state index contributed by atoms with van der Waals surface area (Å²) in [4.78, 5) is 4.47. The minimum Gasteiger partial charge on any atom is -0.381 e. The smallest absolute Gasteiger partial charge is 0.257 e. The number of nitrogens with zero attached hydrogens (tertiary/aromatic N) is 4. The lowest BCUT2D eigenvalue weighted by Gasteiger charge is -2.01. The van der Waals surface area contributed by atoms with E-state index in [0.717, 1.165) is 30.1 Å². The first-order valence-corrected chi connectivity index (χ1v) is 6.92. The molecule has 0 radical (unpaired) electrons. The SMILES string of the molecule is c1cnn(-c2ccc(-c3nc(C4CCOC4)no3)cc2)c1. The zero-order valence-electron chi connectivity index (χ0n) is 11.3. The molecular formula is C15H14N4O2. The summed E-state index contributed by atoms with van der Waals surface area (Å²) in [6.07, 6.45) is 4.61. The van der Waals surface area contributed by atoms with Crippen LogP contribution in [0.15, 0.2) is 47.2 Å². The summed E-state index contributed by atoms with van der Waals surface area (Å²) >= 11 is 0. The van der Waals surface area contributed by atoms with Gasteiger partial charge in [0.1, 0.15) is 0 Å². The molecule has 0 saturated carbocycles. The van der Waals surface area contributed by atoms with Gasteiger partial charge >= 0.3 is 0 Å². The van der Waals surface area contributed by atoms with Gasteiger partial charge in [0.25, 0.3) is 5.89 Å². The van der Waals surface area contributed by atoms with Crippen molar-refractivity contribution in [3.05, 3.63) is 48.5 Å². The van der Waals surface area contributed by atoms with Crippen molar-refractivity contribution in [2.24, 2.45) is 0 Å². The van der Waals surface area contributed by atoms with Crippen molar-refractivity contribution in [2.45, 2.75) is 12.3 Å². The fraction of sp³-hybridized carbons (Fsp3) is 0.267. The van der Waals surface area contributed by atoms with Crippen molar-refractivity contribution in [1.82, 2.24) is 19.9 Å². The summed E-state index contributed by atoms with van der Waals surface area (Å²) in [5.74, 6) is 1.54. The molecule has 106 valence electrons. The summed E-state index contributed by atoms with van der Waals surface area (Å²) in [5, 5.41) is 8.26. The number of ether oxygens (including phenoxy) is 1. The number of hydrogen-bond acceptors (Lipinski definition) is 5. The van der Waals surface area contributed by atoms with Gasteiger partial charge in [-0.05, 0) is 36.8 Å². The van der Waals surface area contributed by atoms with E-state index >= 15 is 0 Å². The first-order chi connectivity index (χ1) is 10.4. The number of hydrogen-bond donors (Lipinski definition) is 0. The third kappa shape index (κ3) is 2.34. The van der Waals surface area contributed by atoms with Crippen molar-refractivity contribution in [3.63, 3.8) is 0 Å². The molecule has 1 atom stereocenters. The van der Waals surface area contributed by atoms with Gasteiger partial charge in [-0.3, -0.25) is 0 Å². The van der Waals surface area contributed by atoms with Gasteiger partial charge in [0.05, 0.1) is 12.3 Å². The monoisotopic (exact) mass is 282 g/mol. The van der Waals surface area contributed by atoms with E-state index in [9.17, 15) is 0 Å². The van der Waals surface area contributed by atoms with E-state index in [1.54, 1.807) is 10.9 Å². The molecule has 0 aliphatic carbocycles. The lowest BCUT2D eigenvalue weighted by Crippen LogP contribution is -1.99. The van der Waals surface area contributed by atoms with Crippen LogP contribution < -0.4 is 0 Å². The van der Waals surface area contributed by atoms with E-state index in [1.165, 1.54) is 0 Å². The highest BCUT2D eigenvalue weighted by molar-refractivity contribution is 5.55. The highest BCUT2D eigenvalue weighted by Crippen LogP contribution is 2.26. The summed E-state index contributed by atoms with van der Waals surface area (Å²) in [5.41, 5.74) is 1.90. The van der Waals surface area contributed by atoms with Gasteiger partial charge in [-0.2, -0.15) is 10.1 Å². The minimum absolute atomic E-state index is 0.255. The van der Waals surface area contributed by atoms with E-state index in [-0.39, 0.29) is 5.92 Å². The van der Waals surface area contributed by atoms with Crippen LogP contribution >= 0.6 is 0 Å². The van der Waals surface area contributed by atoms with Crippen LogP contribution in [-0.2, 0) is 4.74 Å². The summed E-state index contributed by atoms with van der Waals surface area (Å²) in [6.45, 7) is 1.45. The maximum Gasteiger partial charge on any atom is 0.257 e.